The third-order valence-electron chi connectivity index (χ3n) is 5.33. The molecule has 1 aliphatic rings. The van der Waals surface area contributed by atoms with Crippen molar-refractivity contribution < 1.29 is 13.5 Å². The predicted octanol–water partition coefficient (Wildman–Crippen LogP) is 3.63. The molecule has 5 rings (SSSR count). The minimum Gasteiger partial charge on any atom is -0.432 e. The summed E-state index contributed by atoms with van der Waals surface area (Å²) in [4.78, 5) is 16.8. The second kappa shape index (κ2) is 8.69. The molecular formula is C21H20F2N8O. The smallest absolute Gasteiger partial charge is 0.387 e. The molecule has 0 aromatic carbocycles. The van der Waals surface area contributed by atoms with Crippen LogP contribution >= 0.6 is 0 Å². The van der Waals surface area contributed by atoms with Gasteiger partial charge >= 0.3 is 6.61 Å². The first-order valence-corrected chi connectivity index (χ1v) is 10.2. The van der Waals surface area contributed by atoms with E-state index in [1.54, 1.807) is 4.52 Å². The summed E-state index contributed by atoms with van der Waals surface area (Å²) in [5, 5.41) is 11.0. The van der Waals surface area contributed by atoms with Gasteiger partial charge in [0.25, 0.3) is 0 Å². The Balaban J connectivity index is 1.17. The molecule has 164 valence electrons. The Morgan fingerprint density at radius 3 is 2.50 bits per heavy atom. The van der Waals surface area contributed by atoms with Crippen LogP contribution in [0.25, 0.3) is 16.9 Å². The molecule has 0 spiro atoms. The third kappa shape index (κ3) is 4.41. The van der Waals surface area contributed by atoms with Crippen LogP contribution in [0.1, 0.15) is 19.3 Å². The first-order chi connectivity index (χ1) is 15.6. The number of aromatic nitrogens is 6. The summed E-state index contributed by atoms with van der Waals surface area (Å²) in [5.74, 6) is 1.13. The van der Waals surface area contributed by atoms with E-state index < -0.39 is 6.61 Å². The van der Waals surface area contributed by atoms with Crippen molar-refractivity contribution in [2.75, 3.05) is 10.6 Å². The molecule has 4 heterocycles. The zero-order valence-corrected chi connectivity index (χ0v) is 16.9. The second-order valence-corrected chi connectivity index (χ2v) is 7.49. The molecule has 1 fully saturated rings. The maximum atomic E-state index is 12.2. The van der Waals surface area contributed by atoms with Gasteiger partial charge in [-0.1, -0.05) is 6.07 Å². The maximum Gasteiger partial charge on any atom is 0.387 e. The van der Waals surface area contributed by atoms with Gasteiger partial charge in [0, 0.05) is 23.8 Å². The predicted molar refractivity (Wildman–Crippen MR) is 114 cm³/mol. The topological polar surface area (TPSA) is 102 Å². The number of nitrogens with one attached hydrogen (secondary N) is 2. The van der Waals surface area contributed by atoms with Crippen molar-refractivity contribution in [1.82, 2.24) is 29.5 Å². The summed E-state index contributed by atoms with van der Waals surface area (Å²) in [6.07, 6.45) is 8.58. The highest BCUT2D eigenvalue weighted by Crippen LogP contribution is 2.26. The number of hydrogen-bond acceptors (Lipinski definition) is 8. The fourth-order valence-corrected chi connectivity index (χ4v) is 3.88. The van der Waals surface area contributed by atoms with Crippen molar-refractivity contribution in [2.24, 2.45) is 0 Å². The molecule has 4 aromatic heterocycles. The maximum absolute atomic E-state index is 12.2. The Morgan fingerprint density at radius 1 is 0.938 bits per heavy atom. The zero-order chi connectivity index (χ0) is 21.9. The summed E-state index contributed by atoms with van der Waals surface area (Å²) < 4.78 is 30.5. The van der Waals surface area contributed by atoms with E-state index in [1.165, 1.54) is 18.7 Å². The van der Waals surface area contributed by atoms with Crippen LogP contribution in [-0.2, 0) is 0 Å². The monoisotopic (exact) mass is 438 g/mol. The number of rotatable bonds is 7. The van der Waals surface area contributed by atoms with Crippen LogP contribution in [0, 0.1) is 0 Å². The summed E-state index contributed by atoms with van der Waals surface area (Å²) in [6.45, 7) is -2.89. The molecule has 1 aliphatic carbocycles. The second-order valence-electron chi connectivity index (χ2n) is 7.49. The lowest BCUT2D eigenvalue weighted by Gasteiger charge is -2.15. The lowest BCUT2D eigenvalue weighted by molar-refractivity contribution is -0.0503. The van der Waals surface area contributed by atoms with Gasteiger partial charge in [0.1, 0.15) is 12.1 Å². The van der Waals surface area contributed by atoms with E-state index in [0.29, 0.717) is 5.95 Å². The first-order valence-electron chi connectivity index (χ1n) is 10.2. The summed E-state index contributed by atoms with van der Waals surface area (Å²) >= 11 is 0. The number of anilines is 2. The number of pyridine rings is 2. The highest BCUT2D eigenvalue weighted by molar-refractivity contribution is 5.63. The van der Waals surface area contributed by atoms with Gasteiger partial charge in [-0.3, -0.25) is 0 Å². The Labute approximate surface area is 181 Å². The molecule has 0 saturated heterocycles. The molecular weight excluding hydrogens is 418 g/mol. The van der Waals surface area contributed by atoms with Gasteiger partial charge in [-0.2, -0.15) is 13.9 Å². The fourth-order valence-electron chi connectivity index (χ4n) is 3.88. The van der Waals surface area contributed by atoms with Gasteiger partial charge in [0.05, 0.1) is 18.1 Å². The average molecular weight is 438 g/mol. The van der Waals surface area contributed by atoms with Gasteiger partial charge in [-0.25, -0.2) is 24.5 Å². The molecule has 2 atom stereocenters. The first kappa shape index (κ1) is 20.0. The van der Waals surface area contributed by atoms with Gasteiger partial charge in [0.2, 0.25) is 5.95 Å². The third-order valence-corrected chi connectivity index (χ3v) is 5.33. The van der Waals surface area contributed by atoms with E-state index in [9.17, 15) is 8.78 Å². The van der Waals surface area contributed by atoms with Crippen LogP contribution in [-0.4, -0.2) is 48.2 Å². The zero-order valence-electron chi connectivity index (χ0n) is 16.9. The van der Waals surface area contributed by atoms with Crippen molar-refractivity contribution in [1.29, 1.82) is 0 Å². The van der Waals surface area contributed by atoms with Crippen LogP contribution in [0.4, 0.5) is 20.5 Å². The Kier molecular flexibility index (Phi) is 5.44. The number of halogens is 2. The highest BCUT2D eigenvalue weighted by atomic mass is 19.3. The summed E-state index contributed by atoms with van der Waals surface area (Å²) in [7, 11) is 0. The van der Waals surface area contributed by atoms with E-state index >= 15 is 0 Å². The largest absolute Gasteiger partial charge is 0.432 e. The van der Waals surface area contributed by atoms with Crippen LogP contribution in [0.2, 0.25) is 0 Å². The van der Waals surface area contributed by atoms with Crippen LogP contribution < -0.4 is 15.4 Å². The van der Waals surface area contributed by atoms with Crippen molar-refractivity contribution in [2.45, 2.75) is 38.0 Å². The van der Waals surface area contributed by atoms with E-state index in [4.69, 9.17) is 0 Å². The summed E-state index contributed by atoms with van der Waals surface area (Å²) in [5.41, 5.74) is 2.66. The van der Waals surface area contributed by atoms with E-state index in [1.807, 2.05) is 36.5 Å². The molecule has 1 saturated carbocycles. The number of fused-ring (bicyclic) bond motifs is 1. The molecule has 0 amide bonds. The molecule has 0 aliphatic heterocycles. The highest BCUT2D eigenvalue weighted by Gasteiger charge is 2.25. The normalized spacial score (nSPS) is 18.2. The van der Waals surface area contributed by atoms with Crippen LogP contribution in [0.3, 0.4) is 0 Å². The quantitative estimate of drug-likeness (QED) is 0.451. The van der Waals surface area contributed by atoms with E-state index in [-0.39, 0.29) is 17.8 Å². The lowest BCUT2D eigenvalue weighted by Crippen LogP contribution is -2.22. The lowest BCUT2D eigenvalue weighted by atomic mass is 10.2. The SMILES string of the molecule is FC(F)Oc1cnc(N[C@H]2CC[C@H](Nc3ccc(-c4cccc5ncnn45)cn3)C2)nc1. The van der Waals surface area contributed by atoms with Crippen LogP contribution in [0.15, 0.2) is 55.2 Å². The number of alkyl halides is 2. The van der Waals surface area contributed by atoms with Crippen molar-refractivity contribution in [3.05, 3.63) is 55.2 Å². The standard InChI is InChI=1S/C21H20F2N8O/c22-20(23)32-16-10-25-21(26-11-16)30-15-6-5-14(8-15)29-18-7-4-13(9-24-18)17-2-1-3-19-27-12-28-31(17)19/h1-4,7,9-12,14-15,20H,5-6,8H2,(H,24,29)(H,25,26,30)/t14-,15-/m0/s1. The number of nitrogens with zero attached hydrogens (tertiary/aromatic N) is 6. The minimum atomic E-state index is -2.89. The molecule has 9 nitrogen and oxygen atoms in total. The molecule has 0 radical (unpaired) electrons. The molecule has 0 unspecified atom stereocenters. The fraction of sp³-hybridized carbons (Fsp3) is 0.286. The van der Waals surface area contributed by atoms with Gasteiger partial charge in [-0.05, 0) is 43.5 Å². The molecule has 32 heavy (non-hydrogen) atoms. The Bertz CT molecular complexity index is 1180. The molecule has 4 aromatic rings. The van der Waals surface area contributed by atoms with Crippen molar-refractivity contribution >= 4 is 17.4 Å². The van der Waals surface area contributed by atoms with Gasteiger partial charge in [-0.15, -0.1) is 0 Å². The minimum absolute atomic E-state index is 0.0638. The average Bonchev–Trinajstić information content (AvgIpc) is 3.45. The molecule has 2 N–H and O–H groups in total. The Morgan fingerprint density at radius 2 is 1.75 bits per heavy atom. The van der Waals surface area contributed by atoms with Gasteiger partial charge in [0.15, 0.2) is 11.4 Å². The Hall–Kier alpha value is -3.89. The summed E-state index contributed by atoms with van der Waals surface area (Å²) in [6, 6.07) is 10.2. The molecule has 11 heteroatoms. The molecule has 0 bridgehead atoms. The van der Waals surface area contributed by atoms with Gasteiger partial charge < -0.3 is 15.4 Å². The van der Waals surface area contributed by atoms with E-state index in [2.05, 4.69) is 40.4 Å². The van der Waals surface area contributed by atoms with Crippen molar-refractivity contribution in [3.8, 4) is 17.0 Å². The van der Waals surface area contributed by atoms with Crippen LogP contribution in [0.5, 0.6) is 5.75 Å². The number of hydrogen-bond donors (Lipinski definition) is 2. The van der Waals surface area contributed by atoms with Crippen molar-refractivity contribution in [3.63, 3.8) is 0 Å². The van der Waals surface area contributed by atoms with E-state index in [0.717, 1.165) is 42.0 Å². The number of ether oxygens (including phenoxy) is 1.